The molecule has 1 aliphatic carbocycles. The maximum Gasteiger partial charge on any atom is 0.203 e. The molecule has 0 fully saturated rings. The normalized spacial score (nSPS) is 17.5. The molecule has 4 nitrogen and oxygen atoms in total. The number of nitrogens with one attached hydrogen (secondary N) is 1. The second kappa shape index (κ2) is 6.31. The number of fused-ring (bicyclic) bond motifs is 1. The minimum absolute atomic E-state index is 0.390. The number of imidazole rings is 1. The van der Waals surface area contributed by atoms with E-state index in [1.54, 1.807) is 7.11 Å². The van der Waals surface area contributed by atoms with Crippen molar-refractivity contribution < 1.29 is 4.74 Å². The zero-order valence-corrected chi connectivity index (χ0v) is 12.8. The standard InChI is InChI=1S/C17H23N3O/c1-13-12-20(17(19-13)18-10-11-21-2)16-9-5-7-14-6-3-4-8-15(14)16/h3-4,6,8,12,16H,5,7,9-11H2,1-2H3,(H,18,19). The molecule has 0 aliphatic heterocycles. The highest BCUT2D eigenvalue weighted by Crippen LogP contribution is 2.34. The van der Waals surface area contributed by atoms with Crippen LogP contribution in [0.1, 0.15) is 35.7 Å². The minimum atomic E-state index is 0.390. The Morgan fingerprint density at radius 1 is 1.38 bits per heavy atom. The minimum Gasteiger partial charge on any atom is -0.383 e. The fourth-order valence-electron chi connectivity index (χ4n) is 3.17. The van der Waals surface area contributed by atoms with Gasteiger partial charge in [0, 0.05) is 19.9 Å². The third kappa shape index (κ3) is 2.95. The third-order valence-corrected chi connectivity index (χ3v) is 4.12. The van der Waals surface area contributed by atoms with Gasteiger partial charge >= 0.3 is 0 Å². The summed E-state index contributed by atoms with van der Waals surface area (Å²) in [5.41, 5.74) is 3.97. The van der Waals surface area contributed by atoms with Gasteiger partial charge in [-0.2, -0.15) is 0 Å². The Hall–Kier alpha value is -1.81. The summed E-state index contributed by atoms with van der Waals surface area (Å²) in [6.45, 7) is 3.52. The van der Waals surface area contributed by atoms with E-state index >= 15 is 0 Å². The first kappa shape index (κ1) is 14.1. The summed E-state index contributed by atoms with van der Waals surface area (Å²) in [5, 5.41) is 3.39. The lowest BCUT2D eigenvalue weighted by Gasteiger charge is -2.28. The number of ether oxygens (including phenoxy) is 1. The largest absolute Gasteiger partial charge is 0.383 e. The highest BCUT2D eigenvalue weighted by atomic mass is 16.5. The topological polar surface area (TPSA) is 39.1 Å². The zero-order valence-electron chi connectivity index (χ0n) is 12.8. The van der Waals surface area contributed by atoms with Gasteiger partial charge in [-0.15, -0.1) is 0 Å². The highest BCUT2D eigenvalue weighted by molar-refractivity contribution is 5.37. The Morgan fingerprint density at radius 2 is 2.24 bits per heavy atom. The number of methoxy groups -OCH3 is 1. The van der Waals surface area contributed by atoms with Crippen LogP contribution >= 0.6 is 0 Å². The van der Waals surface area contributed by atoms with Crippen LogP contribution in [0.15, 0.2) is 30.5 Å². The first-order chi connectivity index (χ1) is 10.3. The maximum absolute atomic E-state index is 5.11. The van der Waals surface area contributed by atoms with Crippen molar-refractivity contribution in [3.63, 3.8) is 0 Å². The van der Waals surface area contributed by atoms with Gasteiger partial charge in [0.05, 0.1) is 18.3 Å². The molecule has 1 atom stereocenters. The quantitative estimate of drug-likeness (QED) is 0.858. The highest BCUT2D eigenvalue weighted by Gasteiger charge is 2.23. The van der Waals surface area contributed by atoms with Crippen molar-refractivity contribution in [3.05, 3.63) is 47.3 Å². The molecule has 1 N–H and O–H groups in total. The number of rotatable bonds is 5. The van der Waals surface area contributed by atoms with Gasteiger partial charge in [0.25, 0.3) is 0 Å². The summed E-state index contributed by atoms with van der Waals surface area (Å²) in [6, 6.07) is 9.18. The summed E-state index contributed by atoms with van der Waals surface area (Å²) in [7, 11) is 1.72. The van der Waals surface area contributed by atoms with E-state index in [-0.39, 0.29) is 0 Å². The molecular weight excluding hydrogens is 262 g/mol. The predicted molar refractivity (Wildman–Crippen MR) is 84.8 cm³/mol. The van der Waals surface area contributed by atoms with E-state index in [0.717, 1.165) is 18.2 Å². The molecule has 0 radical (unpaired) electrons. The lowest BCUT2D eigenvalue weighted by molar-refractivity contribution is 0.210. The number of aryl methyl sites for hydroxylation is 2. The Kier molecular flexibility index (Phi) is 4.25. The molecule has 4 heteroatoms. The number of hydrogen-bond acceptors (Lipinski definition) is 3. The van der Waals surface area contributed by atoms with Crippen LogP contribution in [-0.4, -0.2) is 29.8 Å². The van der Waals surface area contributed by atoms with Crippen molar-refractivity contribution in [2.24, 2.45) is 0 Å². The first-order valence-electron chi connectivity index (χ1n) is 7.65. The lowest BCUT2D eigenvalue weighted by atomic mass is 9.87. The number of nitrogens with zero attached hydrogens (tertiary/aromatic N) is 2. The Morgan fingerprint density at radius 3 is 3.10 bits per heavy atom. The van der Waals surface area contributed by atoms with Gasteiger partial charge in [-0.3, -0.25) is 0 Å². The van der Waals surface area contributed by atoms with Crippen LogP contribution in [0.2, 0.25) is 0 Å². The van der Waals surface area contributed by atoms with Gasteiger partial charge in [0.15, 0.2) is 0 Å². The van der Waals surface area contributed by atoms with Crippen LogP contribution in [0, 0.1) is 6.92 Å². The van der Waals surface area contributed by atoms with Crippen molar-refractivity contribution in [2.75, 3.05) is 25.6 Å². The molecule has 0 bridgehead atoms. The molecular formula is C17H23N3O. The molecule has 1 aromatic heterocycles. The summed E-state index contributed by atoms with van der Waals surface area (Å²) in [4.78, 5) is 4.63. The molecule has 0 saturated carbocycles. The summed E-state index contributed by atoms with van der Waals surface area (Å²) in [6.07, 6.45) is 5.75. The SMILES string of the molecule is COCCNc1nc(C)cn1C1CCCc2ccccc21. The van der Waals surface area contributed by atoms with E-state index in [1.165, 1.54) is 30.4 Å². The lowest BCUT2D eigenvalue weighted by Crippen LogP contribution is -2.20. The van der Waals surface area contributed by atoms with Crippen molar-refractivity contribution in [3.8, 4) is 0 Å². The zero-order chi connectivity index (χ0) is 14.7. The molecule has 0 amide bonds. The van der Waals surface area contributed by atoms with Crippen LogP contribution in [0.5, 0.6) is 0 Å². The summed E-state index contributed by atoms with van der Waals surface area (Å²) < 4.78 is 7.41. The van der Waals surface area contributed by atoms with Crippen LogP contribution in [-0.2, 0) is 11.2 Å². The third-order valence-electron chi connectivity index (χ3n) is 4.12. The van der Waals surface area contributed by atoms with Crippen LogP contribution < -0.4 is 5.32 Å². The second-order valence-electron chi connectivity index (χ2n) is 5.64. The molecule has 0 saturated heterocycles. The molecule has 21 heavy (non-hydrogen) atoms. The first-order valence-corrected chi connectivity index (χ1v) is 7.65. The average Bonchev–Trinajstić information content (AvgIpc) is 2.88. The summed E-state index contributed by atoms with van der Waals surface area (Å²) in [5.74, 6) is 0.950. The van der Waals surface area contributed by atoms with Crippen molar-refractivity contribution in [1.29, 1.82) is 0 Å². The number of benzene rings is 1. The van der Waals surface area contributed by atoms with Crippen molar-refractivity contribution in [2.45, 2.75) is 32.2 Å². The number of hydrogen-bond donors (Lipinski definition) is 1. The summed E-state index contributed by atoms with van der Waals surface area (Å²) >= 11 is 0. The van der Waals surface area contributed by atoms with Gasteiger partial charge in [-0.25, -0.2) is 4.98 Å². The fourth-order valence-corrected chi connectivity index (χ4v) is 3.17. The monoisotopic (exact) mass is 285 g/mol. The Labute approximate surface area is 126 Å². The molecule has 3 rings (SSSR count). The van der Waals surface area contributed by atoms with E-state index in [2.05, 4.69) is 45.3 Å². The smallest absolute Gasteiger partial charge is 0.203 e. The molecule has 1 heterocycles. The van der Waals surface area contributed by atoms with Crippen LogP contribution in [0.25, 0.3) is 0 Å². The van der Waals surface area contributed by atoms with Gasteiger partial charge in [-0.1, -0.05) is 24.3 Å². The van der Waals surface area contributed by atoms with Crippen LogP contribution in [0.4, 0.5) is 5.95 Å². The molecule has 1 unspecified atom stereocenters. The van der Waals surface area contributed by atoms with E-state index in [4.69, 9.17) is 4.74 Å². The second-order valence-corrected chi connectivity index (χ2v) is 5.64. The Balaban J connectivity index is 1.90. The fraction of sp³-hybridized carbons (Fsp3) is 0.471. The molecule has 0 spiro atoms. The van der Waals surface area contributed by atoms with Crippen LogP contribution in [0.3, 0.4) is 0 Å². The number of anilines is 1. The van der Waals surface area contributed by atoms with Gasteiger partial charge < -0.3 is 14.6 Å². The van der Waals surface area contributed by atoms with Crippen molar-refractivity contribution in [1.82, 2.24) is 9.55 Å². The maximum atomic E-state index is 5.11. The van der Waals surface area contributed by atoms with E-state index < -0.39 is 0 Å². The Bertz CT molecular complexity index is 606. The number of aromatic nitrogens is 2. The molecule has 2 aromatic rings. The molecule has 112 valence electrons. The molecule has 1 aromatic carbocycles. The van der Waals surface area contributed by atoms with E-state index in [0.29, 0.717) is 12.6 Å². The van der Waals surface area contributed by atoms with Gasteiger partial charge in [0.2, 0.25) is 5.95 Å². The van der Waals surface area contributed by atoms with Gasteiger partial charge in [0.1, 0.15) is 0 Å². The van der Waals surface area contributed by atoms with E-state index in [9.17, 15) is 0 Å². The van der Waals surface area contributed by atoms with E-state index in [1.807, 2.05) is 6.92 Å². The van der Waals surface area contributed by atoms with Gasteiger partial charge in [-0.05, 0) is 37.3 Å². The predicted octanol–water partition coefficient (Wildman–Crippen LogP) is 3.18. The van der Waals surface area contributed by atoms with Crippen molar-refractivity contribution >= 4 is 5.95 Å². The molecule has 1 aliphatic rings. The average molecular weight is 285 g/mol.